The second-order valence-corrected chi connectivity index (χ2v) is 6.85. The largest absolute Gasteiger partial charge is 0.465 e. The Kier molecular flexibility index (Phi) is 13.6. The van der Waals surface area contributed by atoms with Gasteiger partial charge in [-0.25, -0.2) is 0 Å². The minimum absolute atomic E-state index is 0.0684. The van der Waals surface area contributed by atoms with Crippen molar-refractivity contribution in [3.05, 3.63) is 0 Å². The van der Waals surface area contributed by atoms with Crippen molar-refractivity contribution in [1.82, 2.24) is 0 Å². The summed E-state index contributed by atoms with van der Waals surface area (Å²) in [4.78, 5) is 11.4. The van der Waals surface area contributed by atoms with Gasteiger partial charge in [-0.15, -0.1) is 11.8 Å². The Morgan fingerprint density at radius 3 is 2.45 bits per heavy atom. The molecule has 1 unspecified atom stereocenters. The smallest absolute Gasteiger partial charge is 0.315 e. The van der Waals surface area contributed by atoms with Gasteiger partial charge in [0.25, 0.3) is 0 Å². The standard InChI is InChI=1S/C16H32O3S/c1-5-6-11-19-16(17)13-20-15(4)18-12-9-7-8-10-14(2)3/h14-15H,5-13H2,1-4H3. The third-order valence-electron chi connectivity index (χ3n) is 2.98. The van der Waals surface area contributed by atoms with E-state index < -0.39 is 0 Å². The minimum Gasteiger partial charge on any atom is -0.465 e. The second-order valence-electron chi connectivity index (χ2n) is 5.57. The first kappa shape index (κ1) is 19.8. The summed E-state index contributed by atoms with van der Waals surface area (Å²) in [6.45, 7) is 9.93. The molecule has 0 N–H and O–H groups in total. The highest BCUT2D eigenvalue weighted by molar-refractivity contribution is 8.00. The van der Waals surface area contributed by atoms with Crippen LogP contribution < -0.4 is 0 Å². The van der Waals surface area contributed by atoms with Crippen molar-refractivity contribution >= 4 is 17.7 Å². The molecule has 4 heteroatoms. The maximum Gasteiger partial charge on any atom is 0.315 e. The summed E-state index contributed by atoms with van der Waals surface area (Å²) in [5.74, 6) is 1.05. The zero-order valence-electron chi connectivity index (χ0n) is 13.7. The average molecular weight is 304 g/mol. The molecule has 0 aliphatic heterocycles. The number of hydrogen-bond acceptors (Lipinski definition) is 4. The molecule has 0 heterocycles. The Hall–Kier alpha value is -0.220. The molecule has 0 radical (unpaired) electrons. The van der Waals surface area contributed by atoms with Crippen LogP contribution >= 0.6 is 11.8 Å². The Labute approximate surface area is 129 Å². The molecule has 0 amide bonds. The van der Waals surface area contributed by atoms with Crippen molar-refractivity contribution in [2.75, 3.05) is 19.0 Å². The third kappa shape index (κ3) is 14.2. The van der Waals surface area contributed by atoms with Gasteiger partial charge in [0.05, 0.1) is 12.4 Å². The van der Waals surface area contributed by atoms with E-state index in [2.05, 4.69) is 20.8 Å². The highest BCUT2D eigenvalue weighted by Gasteiger charge is 2.08. The number of thioether (sulfide) groups is 1. The van der Waals surface area contributed by atoms with E-state index in [-0.39, 0.29) is 11.4 Å². The molecule has 0 aliphatic carbocycles. The Morgan fingerprint density at radius 2 is 1.80 bits per heavy atom. The van der Waals surface area contributed by atoms with Gasteiger partial charge in [-0.3, -0.25) is 4.79 Å². The van der Waals surface area contributed by atoms with Crippen LogP contribution in [0.3, 0.4) is 0 Å². The Bertz CT molecular complexity index is 232. The Morgan fingerprint density at radius 1 is 1.05 bits per heavy atom. The van der Waals surface area contributed by atoms with Crippen molar-refractivity contribution in [3.63, 3.8) is 0 Å². The van der Waals surface area contributed by atoms with Gasteiger partial charge in [0.2, 0.25) is 0 Å². The molecule has 0 saturated heterocycles. The van der Waals surface area contributed by atoms with Gasteiger partial charge < -0.3 is 9.47 Å². The summed E-state index contributed by atoms with van der Waals surface area (Å²) in [6.07, 6.45) is 6.92. The molecule has 0 aliphatic rings. The Balaban J connectivity index is 3.36. The first-order valence-electron chi connectivity index (χ1n) is 7.95. The van der Waals surface area contributed by atoms with Crippen molar-refractivity contribution in [3.8, 4) is 0 Å². The van der Waals surface area contributed by atoms with E-state index in [1.807, 2.05) is 6.92 Å². The lowest BCUT2D eigenvalue weighted by Crippen LogP contribution is -2.13. The first-order chi connectivity index (χ1) is 9.56. The summed E-state index contributed by atoms with van der Waals surface area (Å²) in [5, 5.41) is 0. The topological polar surface area (TPSA) is 35.5 Å². The summed E-state index contributed by atoms with van der Waals surface area (Å²) in [5.41, 5.74) is 0.0684. The highest BCUT2D eigenvalue weighted by Crippen LogP contribution is 2.14. The van der Waals surface area contributed by atoms with E-state index in [4.69, 9.17) is 9.47 Å². The molecule has 0 bridgehead atoms. The lowest BCUT2D eigenvalue weighted by atomic mass is 10.1. The lowest BCUT2D eigenvalue weighted by Gasteiger charge is -2.12. The molecule has 3 nitrogen and oxygen atoms in total. The van der Waals surface area contributed by atoms with Gasteiger partial charge in [-0.05, 0) is 25.7 Å². The van der Waals surface area contributed by atoms with Crippen LogP contribution in [0.2, 0.25) is 0 Å². The predicted molar refractivity (Wildman–Crippen MR) is 87.0 cm³/mol. The number of unbranched alkanes of at least 4 members (excludes halogenated alkanes) is 3. The fourth-order valence-corrected chi connectivity index (χ4v) is 2.33. The average Bonchev–Trinajstić information content (AvgIpc) is 2.40. The highest BCUT2D eigenvalue weighted by atomic mass is 32.2. The quantitative estimate of drug-likeness (QED) is 0.282. The monoisotopic (exact) mass is 304 g/mol. The molecule has 0 aromatic heterocycles. The van der Waals surface area contributed by atoms with Crippen LogP contribution in [0.4, 0.5) is 0 Å². The molecule has 0 aromatic carbocycles. The van der Waals surface area contributed by atoms with E-state index in [0.717, 1.165) is 31.8 Å². The van der Waals surface area contributed by atoms with Crippen molar-refractivity contribution in [1.29, 1.82) is 0 Å². The zero-order chi connectivity index (χ0) is 15.2. The minimum atomic E-state index is -0.129. The predicted octanol–water partition coefficient (Wildman–Crippen LogP) is 4.64. The first-order valence-corrected chi connectivity index (χ1v) is 9.00. The van der Waals surface area contributed by atoms with Crippen LogP contribution in [0, 0.1) is 5.92 Å². The number of carbonyl (C=O) groups is 1. The fourth-order valence-electron chi connectivity index (χ4n) is 1.69. The SMILES string of the molecule is CCCCOC(=O)CSC(C)OCCCCCC(C)C. The van der Waals surface area contributed by atoms with Crippen LogP contribution in [0.5, 0.6) is 0 Å². The summed E-state index contributed by atoms with van der Waals surface area (Å²) >= 11 is 1.51. The molecule has 0 rings (SSSR count). The van der Waals surface area contributed by atoms with Gasteiger partial charge in [0, 0.05) is 6.61 Å². The molecule has 0 fully saturated rings. The van der Waals surface area contributed by atoms with Crippen LogP contribution in [0.15, 0.2) is 0 Å². The van der Waals surface area contributed by atoms with E-state index in [1.54, 1.807) is 0 Å². The molecule has 0 aromatic rings. The third-order valence-corrected chi connectivity index (χ3v) is 3.98. The van der Waals surface area contributed by atoms with E-state index in [1.165, 1.54) is 31.0 Å². The van der Waals surface area contributed by atoms with E-state index >= 15 is 0 Å². The van der Waals surface area contributed by atoms with Crippen LogP contribution in [-0.4, -0.2) is 30.4 Å². The van der Waals surface area contributed by atoms with Crippen molar-refractivity contribution in [2.45, 2.75) is 71.7 Å². The molecule has 0 spiro atoms. The van der Waals surface area contributed by atoms with Gasteiger partial charge in [-0.1, -0.05) is 46.5 Å². The molecule has 20 heavy (non-hydrogen) atoms. The summed E-state index contributed by atoms with van der Waals surface area (Å²) < 4.78 is 10.8. The van der Waals surface area contributed by atoms with E-state index in [0.29, 0.717) is 12.4 Å². The number of rotatable bonds is 13. The van der Waals surface area contributed by atoms with Gasteiger partial charge in [-0.2, -0.15) is 0 Å². The van der Waals surface area contributed by atoms with Crippen LogP contribution in [-0.2, 0) is 14.3 Å². The van der Waals surface area contributed by atoms with Crippen LogP contribution in [0.1, 0.15) is 66.2 Å². The molecular weight excluding hydrogens is 272 g/mol. The van der Waals surface area contributed by atoms with Crippen molar-refractivity contribution < 1.29 is 14.3 Å². The van der Waals surface area contributed by atoms with Gasteiger partial charge in [0.15, 0.2) is 0 Å². The summed E-state index contributed by atoms with van der Waals surface area (Å²) in [6, 6.07) is 0. The van der Waals surface area contributed by atoms with E-state index in [9.17, 15) is 4.79 Å². The molecule has 1 atom stereocenters. The maximum atomic E-state index is 11.4. The lowest BCUT2D eigenvalue weighted by molar-refractivity contribution is -0.140. The van der Waals surface area contributed by atoms with Crippen LogP contribution in [0.25, 0.3) is 0 Å². The number of ether oxygens (including phenoxy) is 2. The van der Waals surface area contributed by atoms with Crippen molar-refractivity contribution in [2.24, 2.45) is 5.92 Å². The zero-order valence-corrected chi connectivity index (χ0v) is 14.5. The fraction of sp³-hybridized carbons (Fsp3) is 0.938. The second kappa shape index (κ2) is 13.7. The number of carbonyl (C=O) groups excluding carboxylic acids is 1. The number of hydrogen-bond donors (Lipinski definition) is 0. The normalized spacial score (nSPS) is 12.7. The summed E-state index contributed by atoms with van der Waals surface area (Å²) in [7, 11) is 0. The molecular formula is C16H32O3S. The van der Waals surface area contributed by atoms with Gasteiger partial charge >= 0.3 is 5.97 Å². The van der Waals surface area contributed by atoms with Gasteiger partial charge in [0.1, 0.15) is 5.44 Å². The molecule has 0 saturated carbocycles. The molecule has 120 valence electrons. The maximum absolute atomic E-state index is 11.4. The number of esters is 1.